The number of hydrogen-bond donors (Lipinski definition) is 0. The fraction of sp³-hybridized carbons (Fsp3) is 0.852. The van der Waals surface area contributed by atoms with E-state index in [-0.39, 0.29) is 31.1 Å². The minimum absolute atomic E-state index is 0.0730. The van der Waals surface area contributed by atoms with E-state index < -0.39 is 6.10 Å². The molecule has 0 saturated carbocycles. The molecule has 0 bridgehead atoms. The number of carbonyl (C=O) groups excluding carboxylic acids is 3. The van der Waals surface area contributed by atoms with Crippen molar-refractivity contribution in [1.29, 1.82) is 0 Å². The lowest BCUT2D eigenvalue weighted by Gasteiger charge is -2.18. The lowest BCUT2D eigenvalue weighted by atomic mass is 10.0. The summed E-state index contributed by atoms with van der Waals surface area (Å²) in [4.78, 5) is 38.1. The summed E-state index contributed by atoms with van der Waals surface area (Å²) in [6.45, 7) is 6.61. The first-order chi connectivity index (χ1) is 33.0. The van der Waals surface area contributed by atoms with Gasteiger partial charge in [0.25, 0.3) is 0 Å². The molecule has 6 heteroatoms. The highest BCUT2D eigenvalue weighted by molar-refractivity contribution is 5.71. The van der Waals surface area contributed by atoms with Crippen molar-refractivity contribution in [3.8, 4) is 0 Å². The Morgan fingerprint density at radius 3 is 0.910 bits per heavy atom. The summed E-state index contributed by atoms with van der Waals surface area (Å²) in [6, 6.07) is 0. The second-order valence-electron chi connectivity index (χ2n) is 19.9. The summed E-state index contributed by atoms with van der Waals surface area (Å²) in [5.74, 6) is -0.868. The van der Waals surface area contributed by atoms with Crippen molar-refractivity contribution in [2.75, 3.05) is 13.2 Å². The predicted octanol–water partition coefficient (Wildman–Crippen LogP) is 19.7. The average Bonchev–Trinajstić information content (AvgIpc) is 3.33. The third kappa shape index (κ3) is 54.4. The van der Waals surface area contributed by atoms with Gasteiger partial charge in [-0.05, 0) is 64.2 Å². The Hall–Kier alpha value is -2.37. The standard InChI is InChI=1S/C61H112O6/c1-4-7-10-13-16-19-22-24-26-28-30-32-34-36-39-42-45-48-51-54-60(63)66-57-58(56-65-59(62)53-50-47-44-41-38-21-18-15-12-9-6-3)67-61(64)55-52-49-46-43-40-37-35-33-31-29-27-25-23-20-17-14-11-8-5-2/h15-16,18-19,22,24,58H,4-14,17,20-21,23,25-57H2,1-3H3/b18-15-,19-16-,24-22-. The Balaban J connectivity index is 4.28. The number of ether oxygens (including phenoxy) is 3. The molecule has 0 rings (SSSR count). The molecular weight excluding hydrogens is 829 g/mol. The zero-order chi connectivity index (χ0) is 48.6. The van der Waals surface area contributed by atoms with Gasteiger partial charge in [0.15, 0.2) is 6.10 Å². The van der Waals surface area contributed by atoms with Crippen LogP contribution >= 0.6 is 0 Å². The second kappa shape index (κ2) is 56.2. The molecule has 0 saturated heterocycles. The first kappa shape index (κ1) is 64.6. The van der Waals surface area contributed by atoms with E-state index in [1.165, 1.54) is 212 Å². The zero-order valence-electron chi connectivity index (χ0n) is 44.9. The Labute approximate surface area is 416 Å². The number of carbonyl (C=O) groups is 3. The molecule has 0 radical (unpaired) electrons. The maximum Gasteiger partial charge on any atom is 0.306 e. The zero-order valence-corrected chi connectivity index (χ0v) is 44.9. The molecule has 0 aliphatic rings. The summed E-state index contributed by atoms with van der Waals surface area (Å²) in [7, 11) is 0. The molecule has 0 amide bonds. The van der Waals surface area contributed by atoms with Gasteiger partial charge in [0, 0.05) is 19.3 Å². The van der Waals surface area contributed by atoms with Crippen LogP contribution in [-0.2, 0) is 28.6 Å². The molecule has 392 valence electrons. The molecule has 0 spiro atoms. The summed E-state index contributed by atoms with van der Waals surface area (Å²) in [5, 5.41) is 0. The normalized spacial score (nSPS) is 12.2. The Bertz CT molecular complexity index is 1130. The van der Waals surface area contributed by atoms with Gasteiger partial charge in [0.05, 0.1) is 0 Å². The predicted molar refractivity (Wildman–Crippen MR) is 289 cm³/mol. The average molecular weight is 942 g/mol. The van der Waals surface area contributed by atoms with E-state index in [2.05, 4.69) is 57.2 Å². The van der Waals surface area contributed by atoms with E-state index in [1.54, 1.807) is 0 Å². The minimum atomic E-state index is -0.773. The van der Waals surface area contributed by atoms with Gasteiger partial charge >= 0.3 is 17.9 Å². The van der Waals surface area contributed by atoms with Crippen LogP contribution < -0.4 is 0 Å². The van der Waals surface area contributed by atoms with E-state index in [0.29, 0.717) is 19.3 Å². The lowest BCUT2D eigenvalue weighted by Crippen LogP contribution is -2.30. The third-order valence-corrected chi connectivity index (χ3v) is 13.1. The fourth-order valence-electron chi connectivity index (χ4n) is 8.65. The van der Waals surface area contributed by atoms with Crippen LogP contribution in [-0.4, -0.2) is 37.2 Å². The molecule has 67 heavy (non-hydrogen) atoms. The van der Waals surface area contributed by atoms with Crippen molar-refractivity contribution in [2.45, 2.75) is 322 Å². The van der Waals surface area contributed by atoms with Crippen molar-refractivity contribution in [3.05, 3.63) is 36.5 Å². The Morgan fingerprint density at radius 2 is 0.552 bits per heavy atom. The van der Waals surface area contributed by atoms with Crippen molar-refractivity contribution in [1.82, 2.24) is 0 Å². The molecule has 1 unspecified atom stereocenters. The van der Waals surface area contributed by atoms with Crippen LogP contribution in [0.25, 0.3) is 0 Å². The van der Waals surface area contributed by atoms with Crippen LogP contribution in [0.5, 0.6) is 0 Å². The van der Waals surface area contributed by atoms with Crippen molar-refractivity contribution in [3.63, 3.8) is 0 Å². The molecule has 0 aromatic rings. The minimum Gasteiger partial charge on any atom is -0.462 e. The van der Waals surface area contributed by atoms with Crippen LogP contribution in [0.3, 0.4) is 0 Å². The highest BCUT2D eigenvalue weighted by Crippen LogP contribution is 2.17. The number of unbranched alkanes of at least 4 members (excludes halogenated alkanes) is 38. The molecule has 0 aliphatic heterocycles. The van der Waals surface area contributed by atoms with Gasteiger partial charge < -0.3 is 14.2 Å². The SMILES string of the molecule is CCCC/C=C\CCCCCCCC(=O)OCC(COC(=O)CCCCCCCCCCCC/C=C\C=C/CCCCC)OC(=O)CCCCCCCCCCCCCCCCCCCCC. The molecule has 0 fully saturated rings. The van der Waals surface area contributed by atoms with E-state index in [1.807, 2.05) is 0 Å². The molecule has 0 heterocycles. The quantitative estimate of drug-likeness (QED) is 0.0199. The third-order valence-electron chi connectivity index (χ3n) is 13.1. The van der Waals surface area contributed by atoms with Gasteiger partial charge in [0.1, 0.15) is 13.2 Å². The van der Waals surface area contributed by atoms with Crippen LogP contribution in [0.15, 0.2) is 36.5 Å². The maximum atomic E-state index is 12.9. The summed E-state index contributed by atoms with van der Waals surface area (Å²) < 4.78 is 16.9. The van der Waals surface area contributed by atoms with Gasteiger partial charge in [-0.2, -0.15) is 0 Å². The van der Waals surface area contributed by atoms with Gasteiger partial charge in [-0.25, -0.2) is 0 Å². The topological polar surface area (TPSA) is 78.9 Å². The van der Waals surface area contributed by atoms with Gasteiger partial charge in [-0.3, -0.25) is 14.4 Å². The molecule has 0 aliphatic carbocycles. The Morgan fingerprint density at radius 1 is 0.299 bits per heavy atom. The molecule has 0 aromatic carbocycles. The molecule has 0 aromatic heterocycles. The van der Waals surface area contributed by atoms with Crippen LogP contribution in [0.2, 0.25) is 0 Å². The summed E-state index contributed by atoms with van der Waals surface area (Å²) in [6.07, 6.45) is 67.1. The maximum absolute atomic E-state index is 12.9. The van der Waals surface area contributed by atoms with Gasteiger partial charge in [-0.15, -0.1) is 0 Å². The number of esters is 3. The van der Waals surface area contributed by atoms with Crippen LogP contribution in [0, 0.1) is 0 Å². The molecular formula is C61H112O6. The van der Waals surface area contributed by atoms with E-state index in [4.69, 9.17) is 14.2 Å². The first-order valence-electron chi connectivity index (χ1n) is 29.5. The van der Waals surface area contributed by atoms with Gasteiger partial charge in [-0.1, -0.05) is 269 Å². The van der Waals surface area contributed by atoms with E-state index in [0.717, 1.165) is 64.2 Å². The molecule has 0 N–H and O–H groups in total. The van der Waals surface area contributed by atoms with Crippen molar-refractivity contribution < 1.29 is 28.6 Å². The lowest BCUT2D eigenvalue weighted by molar-refractivity contribution is -0.167. The fourth-order valence-corrected chi connectivity index (χ4v) is 8.65. The van der Waals surface area contributed by atoms with Crippen LogP contribution in [0.1, 0.15) is 316 Å². The number of hydrogen-bond acceptors (Lipinski definition) is 6. The molecule has 6 nitrogen and oxygen atoms in total. The summed E-state index contributed by atoms with van der Waals surface area (Å²) in [5.41, 5.74) is 0. The van der Waals surface area contributed by atoms with Crippen molar-refractivity contribution in [2.24, 2.45) is 0 Å². The highest BCUT2D eigenvalue weighted by atomic mass is 16.6. The van der Waals surface area contributed by atoms with Crippen molar-refractivity contribution >= 4 is 17.9 Å². The number of rotatable bonds is 54. The molecule has 1 atom stereocenters. The largest absolute Gasteiger partial charge is 0.462 e. The monoisotopic (exact) mass is 941 g/mol. The summed E-state index contributed by atoms with van der Waals surface area (Å²) >= 11 is 0. The highest BCUT2D eigenvalue weighted by Gasteiger charge is 2.19. The number of allylic oxidation sites excluding steroid dienone is 6. The van der Waals surface area contributed by atoms with E-state index in [9.17, 15) is 14.4 Å². The second-order valence-corrected chi connectivity index (χ2v) is 19.9. The smallest absolute Gasteiger partial charge is 0.306 e. The first-order valence-corrected chi connectivity index (χ1v) is 29.5. The Kier molecular flexibility index (Phi) is 54.2. The van der Waals surface area contributed by atoms with Gasteiger partial charge in [0.2, 0.25) is 0 Å². The van der Waals surface area contributed by atoms with E-state index >= 15 is 0 Å². The van der Waals surface area contributed by atoms with Crippen LogP contribution in [0.4, 0.5) is 0 Å².